The maximum Gasteiger partial charge on any atom is 0.263 e. The Morgan fingerprint density at radius 2 is 1.94 bits per heavy atom. The number of imidazole rings is 1. The van der Waals surface area contributed by atoms with E-state index in [9.17, 15) is 9.59 Å². The minimum absolute atomic E-state index is 0.0479. The van der Waals surface area contributed by atoms with Crippen LogP contribution in [0.1, 0.15) is 58.6 Å². The molecule has 0 spiro atoms. The first-order valence-corrected chi connectivity index (χ1v) is 12.2. The number of aryl methyl sites for hydroxylation is 1. The van der Waals surface area contributed by atoms with Crippen LogP contribution in [0.15, 0.2) is 49.1 Å². The van der Waals surface area contributed by atoms with Gasteiger partial charge in [-0.15, -0.1) is 11.3 Å². The number of aromatic nitrogens is 4. The topological polar surface area (TPSA) is 113 Å². The van der Waals surface area contributed by atoms with Crippen LogP contribution in [0.25, 0.3) is 22.0 Å². The van der Waals surface area contributed by atoms with E-state index >= 15 is 0 Å². The molecule has 1 aromatic carbocycles. The van der Waals surface area contributed by atoms with Crippen LogP contribution in [-0.4, -0.2) is 38.8 Å². The summed E-state index contributed by atoms with van der Waals surface area (Å²) in [6.45, 7) is 1.88. The zero-order valence-electron chi connectivity index (χ0n) is 19.3. The molecule has 0 fully saturated rings. The van der Waals surface area contributed by atoms with Gasteiger partial charge in [-0.2, -0.15) is 0 Å². The molecule has 0 aliphatic rings. The Labute approximate surface area is 202 Å². The summed E-state index contributed by atoms with van der Waals surface area (Å²) in [5, 5.41) is 8.79. The summed E-state index contributed by atoms with van der Waals surface area (Å²) in [5.41, 5.74) is 1.89. The Hall–Kier alpha value is -3.59. The third-order valence-corrected chi connectivity index (χ3v) is 6.61. The van der Waals surface area contributed by atoms with Crippen molar-refractivity contribution in [2.45, 2.75) is 45.1 Å². The molecule has 4 rings (SSSR count). The van der Waals surface area contributed by atoms with Crippen molar-refractivity contribution in [1.29, 1.82) is 0 Å². The molecule has 0 saturated heterocycles. The predicted molar refractivity (Wildman–Crippen MR) is 134 cm³/mol. The summed E-state index contributed by atoms with van der Waals surface area (Å²) in [6, 6.07) is 7.89. The van der Waals surface area contributed by atoms with Gasteiger partial charge in [-0.25, -0.2) is 9.97 Å². The van der Waals surface area contributed by atoms with Crippen LogP contribution in [0.2, 0.25) is 0 Å². The predicted octanol–water partition coefficient (Wildman–Crippen LogP) is 4.56. The van der Waals surface area contributed by atoms with Crippen molar-refractivity contribution >= 4 is 33.9 Å². The third kappa shape index (κ3) is 5.85. The van der Waals surface area contributed by atoms with Crippen LogP contribution in [0, 0.1) is 6.92 Å². The fourth-order valence-corrected chi connectivity index (χ4v) is 4.50. The second kappa shape index (κ2) is 11.0. The number of H-pyrrole nitrogens is 1. The van der Waals surface area contributed by atoms with Gasteiger partial charge < -0.3 is 15.6 Å². The minimum Gasteiger partial charge on any atom is -0.359 e. The fraction of sp³-hybridized carbons (Fsp3) is 0.320. The van der Waals surface area contributed by atoms with Crippen molar-refractivity contribution in [2.24, 2.45) is 0 Å². The first-order valence-electron chi connectivity index (χ1n) is 11.4. The third-order valence-electron chi connectivity index (χ3n) is 5.70. The second-order valence-corrected chi connectivity index (χ2v) is 9.40. The first kappa shape index (κ1) is 23.6. The average Bonchev–Trinajstić information content (AvgIpc) is 3.52. The minimum atomic E-state index is -0.272. The normalized spacial score (nSPS) is 11.9. The van der Waals surface area contributed by atoms with E-state index in [1.165, 1.54) is 11.3 Å². The molecule has 1 atom stereocenters. The summed E-state index contributed by atoms with van der Waals surface area (Å²) in [5.74, 6) is 0.601. The number of hydrogen-bond donors (Lipinski definition) is 3. The molecule has 3 N–H and O–H groups in total. The maximum atomic E-state index is 12.8. The van der Waals surface area contributed by atoms with Gasteiger partial charge in [0.1, 0.15) is 10.7 Å². The lowest BCUT2D eigenvalue weighted by atomic mass is 10.1. The van der Waals surface area contributed by atoms with Crippen molar-refractivity contribution in [3.63, 3.8) is 0 Å². The Morgan fingerprint density at radius 1 is 1.06 bits per heavy atom. The van der Waals surface area contributed by atoms with E-state index < -0.39 is 0 Å². The highest BCUT2D eigenvalue weighted by atomic mass is 32.1. The van der Waals surface area contributed by atoms with Crippen LogP contribution in [0.3, 0.4) is 0 Å². The molecule has 3 heterocycles. The molecule has 34 heavy (non-hydrogen) atoms. The number of nitrogens with zero attached hydrogens (tertiary/aromatic N) is 3. The molecule has 0 radical (unpaired) electrons. The summed E-state index contributed by atoms with van der Waals surface area (Å²) in [7, 11) is 1.65. The average molecular weight is 477 g/mol. The van der Waals surface area contributed by atoms with Gasteiger partial charge in [-0.05, 0) is 37.3 Å². The number of carbonyl (C=O) groups excluding carboxylic acids is 2. The summed E-state index contributed by atoms with van der Waals surface area (Å²) < 4.78 is 0. The first-order chi connectivity index (χ1) is 16.5. The summed E-state index contributed by atoms with van der Waals surface area (Å²) >= 11 is 1.37. The van der Waals surface area contributed by atoms with E-state index in [4.69, 9.17) is 0 Å². The van der Waals surface area contributed by atoms with E-state index in [1.807, 2.05) is 25.3 Å². The van der Waals surface area contributed by atoms with Gasteiger partial charge in [0, 0.05) is 36.8 Å². The van der Waals surface area contributed by atoms with Crippen molar-refractivity contribution < 1.29 is 9.59 Å². The standard InChI is InChI=1S/C25H28N6O2S/c1-16-28-15-22(34-16)25(33)31-20(6-4-3-5-7-23(32)26-2)24-29-14-21(30-24)18-9-8-17-10-11-27-13-19(17)12-18/h8-15,20H,3-7H2,1-2H3,(H,26,32)(H,29,30)(H,31,33). The Bertz CT molecular complexity index is 1280. The van der Waals surface area contributed by atoms with Gasteiger partial charge in [-0.3, -0.25) is 14.6 Å². The number of amides is 2. The number of carbonyl (C=O) groups is 2. The second-order valence-electron chi connectivity index (χ2n) is 8.16. The maximum absolute atomic E-state index is 12.8. The quantitative estimate of drug-likeness (QED) is 0.291. The Balaban J connectivity index is 1.49. The SMILES string of the molecule is CNC(=O)CCCCCC(NC(=O)c1cnc(C)s1)c1ncc(-c2ccc3ccncc3c2)[nH]1. The molecule has 176 valence electrons. The molecule has 1 unspecified atom stereocenters. The molecule has 4 aromatic rings. The molecular formula is C25H28N6O2S. The van der Waals surface area contributed by atoms with Crippen LogP contribution in [0.5, 0.6) is 0 Å². The number of benzene rings is 1. The molecule has 8 nitrogen and oxygen atoms in total. The largest absolute Gasteiger partial charge is 0.359 e. The van der Waals surface area contributed by atoms with Crippen LogP contribution in [0.4, 0.5) is 0 Å². The summed E-state index contributed by atoms with van der Waals surface area (Å²) in [4.78, 5) is 41.3. The molecular weight excluding hydrogens is 448 g/mol. The molecule has 0 saturated carbocycles. The van der Waals surface area contributed by atoms with Gasteiger partial charge in [0.2, 0.25) is 5.91 Å². The Kier molecular flexibility index (Phi) is 7.64. The highest BCUT2D eigenvalue weighted by molar-refractivity contribution is 7.13. The van der Waals surface area contributed by atoms with Gasteiger partial charge in [-0.1, -0.05) is 25.0 Å². The lowest BCUT2D eigenvalue weighted by Gasteiger charge is -2.16. The number of aromatic amines is 1. The number of fused-ring (bicyclic) bond motifs is 1. The molecule has 2 amide bonds. The highest BCUT2D eigenvalue weighted by Gasteiger charge is 2.20. The lowest BCUT2D eigenvalue weighted by molar-refractivity contribution is -0.120. The monoisotopic (exact) mass is 476 g/mol. The smallest absolute Gasteiger partial charge is 0.263 e. The number of thiazole rings is 1. The van der Waals surface area contributed by atoms with Crippen LogP contribution in [-0.2, 0) is 4.79 Å². The zero-order chi connectivity index (χ0) is 23.9. The van der Waals surface area contributed by atoms with Gasteiger partial charge in [0.15, 0.2) is 0 Å². The van der Waals surface area contributed by atoms with E-state index in [1.54, 1.807) is 25.6 Å². The van der Waals surface area contributed by atoms with Crippen molar-refractivity contribution in [1.82, 2.24) is 30.6 Å². The van der Waals surface area contributed by atoms with Crippen molar-refractivity contribution in [3.05, 3.63) is 64.8 Å². The number of nitrogens with one attached hydrogen (secondary N) is 3. The summed E-state index contributed by atoms with van der Waals surface area (Å²) in [6.07, 6.45) is 10.8. The number of unbranched alkanes of at least 4 members (excludes halogenated alkanes) is 2. The number of hydrogen-bond acceptors (Lipinski definition) is 6. The van der Waals surface area contributed by atoms with Crippen molar-refractivity contribution in [2.75, 3.05) is 7.05 Å². The van der Waals surface area contributed by atoms with E-state index in [2.05, 4.69) is 42.7 Å². The van der Waals surface area contributed by atoms with E-state index in [0.29, 0.717) is 23.5 Å². The lowest BCUT2D eigenvalue weighted by Crippen LogP contribution is -2.28. The number of rotatable bonds is 10. The van der Waals surface area contributed by atoms with Crippen LogP contribution < -0.4 is 10.6 Å². The number of pyridine rings is 1. The molecule has 9 heteroatoms. The molecule has 0 aliphatic carbocycles. The highest BCUT2D eigenvalue weighted by Crippen LogP contribution is 2.26. The molecule has 3 aromatic heterocycles. The fourth-order valence-electron chi connectivity index (χ4n) is 3.82. The van der Waals surface area contributed by atoms with E-state index in [-0.39, 0.29) is 17.9 Å². The van der Waals surface area contributed by atoms with Crippen LogP contribution >= 0.6 is 11.3 Å². The Morgan fingerprint density at radius 3 is 2.74 bits per heavy atom. The molecule has 0 bridgehead atoms. The van der Waals surface area contributed by atoms with Gasteiger partial charge in [0.05, 0.1) is 29.1 Å². The zero-order valence-corrected chi connectivity index (χ0v) is 20.1. The van der Waals surface area contributed by atoms with E-state index in [0.717, 1.165) is 46.3 Å². The molecule has 0 aliphatic heterocycles. The van der Waals surface area contributed by atoms with Gasteiger partial charge in [0.25, 0.3) is 5.91 Å². The van der Waals surface area contributed by atoms with Gasteiger partial charge >= 0.3 is 0 Å². The van der Waals surface area contributed by atoms with Crippen molar-refractivity contribution in [3.8, 4) is 11.3 Å².